The maximum atomic E-state index is 12.1. The van der Waals surface area contributed by atoms with Gasteiger partial charge in [-0.05, 0) is 38.2 Å². The summed E-state index contributed by atoms with van der Waals surface area (Å²) in [7, 11) is 1.46. The fraction of sp³-hybridized carbons (Fsp3) is 0.652. The number of methoxy groups -OCH3 is 1. The number of hydrogen-bond acceptors (Lipinski definition) is 4. The Balaban J connectivity index is 0.00000320. The van der Waals surface area contributed by atoms with Crippen molar-refractivity contribution in [3.05, 3.63) is 35.4 Å². The number of esters is 1. The van der Waals surface area contributed by atoms with Crippen LogP contribution in [0.1, 0.15) is 43.9 Å². The lowest BCUT2D eigenvalue weighted by atomic mass is 9.89. The lowest BCUT2D eigenvalue weighted by Crippen LogP contribution is -2.41. The van der Waals surface area contributed by atoms with Crippen molar-refractivity contribution < 1.29 is 14.3 Å². The van der Waals surface area contributed by atoms with Gasteiger partial charge < -0.3 is 19.7 Å². The topological polar surface area (TPSA) is 63.2 Å². The summed E-state index contributed by atoms with van der Waals surface area (Å²) in [6.45, 7) is 10.1. The Morgan fingerprint density at radius 1 is 1.30 bits per heavy atom. The number of nitrogens with zero attached hydrogens (tertiary/aromatic N) is 2. The van der Waals surface area contributed by atoms with Gasteiger partial charge in [0.25, 0.3) is 0 Å². The van der Waals surface area contributed by atoms with Crippen molar-refractivity contribution in [2.75, 3.05) is 39.9 Å². The van der Waals surface area contributed by atoms with E-state index in [1.54, 1.807) is 0 Å². The maximum Gasteiger partial charge on any atom is 0.310 e. The molecule has 0 aromatic heterocycles. The van der Waals surface area contributed by atoms with Crippen LogP contribution < -0.4 is 5.32 Å². The number of nitrogens with one attached hydrogen (secondary N) is 1. The third-order valence-corrected chi connectivity index (χ3v) is 6.08. The summed E-state index contributed by atoms with van der Waals surface area (Å²) in [5, 5.41) is 3.41. The first-order valence-electron chi connectivity index (χ1n) is 10.8. The van der Waals surface area contributed by atoms with Crippen LogP contribution in [0.15, 0.2) is 29.3 Å². The van der Waals surface area contributed by atoms with E-state index in [1.165, 1.54) is 18.2 Å². The molecular formula is C23H36IN3O3. The molecule has 2 aliphatic rings. The fourth-order valence-electron chi connectivity index (χ4n) is 4.38. The van der Waals surface area contributed by atoms with E-state index in [0.717, 1.165) is 38.5 Å². The molecule has 2 heterocycles. The number of rotatable bonds is 5. The number of carbonyl (C=O) groups is 1. The van der Waals surface area contributed by atoms with Gasteiger partial charge in [-0.2, -0.15) is 0 Å². The second kappa shape index (κ2) is 11.9. The van der Waals surface area contributed by atoms with Crippen molar-refractivity contribution in [3.63, 3.8) is 0 Å². The number of aryl methyl sites for hydroxylation is 1. The number of guanidine groups is 1. The second-order valence-corrected chi connectivity index (χ2v) is 8.31. The Kier molecular flexibility index (Phi) is 9.87. The van der Waals surface area contributed by atoms with Gasteiger partial charge in [-0.3, -0.25) is 9.79 Å². The van der Waals surface area contributed by atoms with Gasteiger partial charge in [0.15, 0.2) is 5.96 Å². The summed E-state index contributed by atoms with van der Waals surface area (Å²) in [5.74, 6) is 1.28. The molecule has 1 N–H and O–H groups in total. The third-order valence-electron chi connectivity index (χ3n) is 6.08. The predicted molar refractivity (Wildman–Crippen MR) is 130 cm³/mol. The van der Waals surface area contributed by atoms with Crippen molar-refractivity contribution in [2.45, 2.75) is 39.7 Å². The molecule has 0 aliphatic carbocycles. The second-order valence-electron chi connectivity index (χ2n) is 8.31. The van der Waals surface area contributed by atoms with Crippen molar-refractivity contribution in [2.24, 2.45) is 22.7 Å². The number of hydrogen-bond donors (Lipinski definition) is 1. The highest BCUT2D eigenvalue weighted by Gasteiger charge is 2.37. The highest BCUT2D eigenvalue weighted by molar-refractivity contribution is 14.0. The Morgan fingerprint density at radius 2 is 2.03 bits per heavy atom. The molecule has 0 saturated carbocycles. The van der Waals surface area contributed by atoms with Gasteiger partial charge in [-0.25, -0.2) is 0 Å². The summed E-state index contributed by atoms with van der Waals surface area (Å²) in [6, 6.07) is 8.65. The largest absolute Gasteiger partial charge is 0.469 e. The van der Waals surface area contributed by atoms with Crippen molar-refractivity contribution in [1.82, 2.24) is 10.2 Å². The number of halogens is 1. The molecule has 0 bridgehead atoms. The lowest BCUT2D eigenvalue weighted by molar-refractivity contribution is -0.145. The van der Waals surface area contributed by atoms with Crippen LogP contribution in [0, 0.1) is 24.7 Å². The van der Waals surface area contributed by atoms with Crippen LogP contribution >= 0.6 is 24.0 Å². The Bertz CT molecular complexity index is 710. The molecule has 2 fully saturated rings. The van der Waals surface area contributed by atoms with Crippen LogP contribution in [0.5, 0.6) is 0 Å². The monoisotopic (exact) mass is 529 g/mol. The van der Waals surface area contributed by atoms with Crippen LogP contribution in [-0.2, 0) is 14.3 Å². The van der Waals surface area contributed by atoms with Gasteiger partial charge in [0, 0.05) is 38.7 Å². The Labute approximate surface area is 197 Å². The summed E-state index contributed by atoms with van der Waals surface area (Å²) < 4.78 is 11.1. The van der Waals surface area contributed by atoms with Crippen LogP contribution in [0.4, 0.5) is 0 Å². The summed E-state index contributed by atoms with van der Waals surface area (Å²) >= 11 is 0. The molecular weight excluding hydrogens is 493 g/mol. The van der Waals surface area contributed by atoms with Gasteiger partial charge in [0.2, 0.25) is 0 Å². The van der Waals surface area contributed by atoms with Crippen LogP contribution in [0.3, 0.4) is 0 Å². The summed E-state index contributed by atoms with van der Waals surface area (Å²) in [5.41, 5.74) is 2.50. The van der Waals surface area contributed by atoms with E-state index in [0.29, 0.717) is 19.0 Å². The molecule has 30 heavy (non-hydrogen) atoms. The Morgan fingerprint density at radius 3 is 2.70 bits per heavy atom. The zero-order valence-corrected chi connectivity index (χ0v) is 20.9. The minimum absolute atomic E-state index is 0. The van der Waals surface area contributed by atoms with Gasteiger partial charge in [0.05, 0.1) is 19.1 Å². The van der Waals surface area contributed by atoms with E-state index in [4.69, 9.17) is 14.5 Å². The van der Waals surface area contributed by atoms with E-state index in [1.807, 2.05) is 0 Å². The first-order valence-corrected chi connectivity index (χ1v) is 10.8. The quantitative estimate of drug-likeness (QED) is 0.272. The van der Waals surface area contributed by atoms with E-state index in [2.05, 4.69) is 55.3 Å². The van der Waals surface area contributed by atoms with Crippen LogP contribution in [0.25, 0.3) is 0 Å². The molecule has 168 valence electrons. The Hall–Kier alpha value is -1.35. The fourth-order valence-corrected chi connectivity index (χ4v) is 4.38. The summed E-state index contributed by atoms with van der Waals surface area (Å²) in [6.07, 6.45) is 2.28. The first kappa shape index (κ1) is 24.9. The zero-order valence-electron chi connectivity index (χ0n) is 18.6. The van der Waals surface area contributed by atoms with E-state index < -0.39 is 0 Å². The van der Waals surface area contributed by atoms with Gasteiger partial charge in [-0.15, -0.1) is 24.0 Å². The average molecular weight is 529 g/mol. The SMILES string of the molecule is CCNC(=NCC1CCCOC1c1ccc(C)cc1)N1CC(C)C(C(=O)OC)C1.I. The van der Waals surface area contributed by atoms with Crippen LogP contribution in [-0.4, -0.2) is 56.7 Å². The molecule has 6 nitrogen and oxygen atoms in total. The van der Waals surface area contributed by atoms with Gasteiger partial charge in [-0.1, -0.05) is 36.8 Å². The highest BCUT2D eigenvalue weighted by atomic mass is 127. The molecule has 7 heteroatoms. The molecule has 1 aromatic rings. The molecule has 4 atom stereocenters. The molecule has 1 aromatic carbocycles. The number of aliphatic imine (C=N–C) groups is 1. The lowest BCUT2D eigenvalue weighted by Gasteiger charge is -2.32. The molecule has 2 aliphatic heterocycles. The highest BCUT2D eigenvalue weighted by Crippen LogP contribution is 2.34. The van der Waals surface area contributed by atoms with E-state index in [9.17, 15) is 4.79 Å². The first-order chi connectivity index (χ1) is 14.0. The molecule has 0 radical (unpaired) electrons. The standard InChI is InChI=1S/C23H35N3O3.HI/c1-5-24-23(26-14-17(3)20(15-26)22(27)28-4)25-13-19-7-6-12-29-21(19)18-10-8-16(2)9-11-18;/h8-11,17,19-21H,5-7,12-15H2,1-4H3,(H,24,25);1H. The van der Waals surface area contributed by atoms with Gasteiger partial charge in [0.1, 0.15) is 0 Å². The van der Waals surface area contributed by atoms with Crippen molar-refractivity contribution in [3.8, 4) is 0 Å². The van der Waals surface area contributed by atoms with Crippen molar-refractivity contribution >= 4 is 35.9 Å². The summed E-state index contributed by atoms with van der Waals surface area (Å²) in [4.78, 5) is 19.2. The zero-order chi connectivity index (χ0) is 20.8. The minimum Gasteiger partial charge on any atom is -0.469 e. The molecule has 0 spiro atoms. The van der Waals surface area contributed by atoms with E-state index >= 15 is 0 Å². The smallest absolute Gasteiger partial charge is 0.310 e. The minimum atomic E-state index is -0.129. The third kappa shape index (κ3) is 6.09. The maximum absolute atomic E-state index is 12.1. The number of carbonyl (C=O) groups excluding carboxylic acids is 1. The molecule has 0 amide bonds. The van der Waals surface area contributed by atoms with Crippen LogP contribution in [0.2, 0.25) is 0 Å². The number of likely N-dealkylation sites (tertiary alicyclic amines) is 1. The normalized spacial score (nSPS) is 26.8. The van der Waals surface area contributed by atoms with Gasteiger partial charge >= 0.3 is 5.97 Å². The average Bonchev–Trinajstić information content (AvgIpc) is 3.13. The molecule has 4 unspecified atom stereocenters. The molecule has 2 saturated heterocycles. The molecule has 3 rings (SSSR count). The number of ether oxygens (including phenoxy) is 2. The number of benzene rings is 1. The predicted octanol–water partition coefficient (Wildman–Crippen LogP) is 3.79. The van der Waals surface area contributed by atoms with E-state index in [-0.39, 0.29) is 47.9 Å². The van der Waals surface area contributed by atoms with Crippen molar-refractivity contribution in [1.29, 1.82) is 0 Å².